The van der Waals surface area contributed by atoms with E-state index in [2.05, 4.69) is 4.74 Å². The van der Waals surface area contributed by atoms with Crippen LogP contribution in [-0.2, 0) is 15.7 Å². The van der Waals surface area contributed by atoms with Gasteiger partial charge in [-0.15, -0.1) is 0 Å². The third kappa shape index (κ3) is 2.29. The molecular weight excluding hydrogens is 266 g/mol. The van der Waals surface area contributed by atoms with E-state index in [0.717, 1.165) is 6.07 Å². The summed E-state index contributed by atoms with van der Waals surface area (Å²) in [5.74, 6) is -2.31. The number of halogens is 4. The first kappa shape index (κ1) is 13.1. The Morgan fingerprint density at radius 2 is 2.00 bits per heavy atom. The maximum Gasteiger partial charge on any atom is 0.419 e. The summed E-state index contributed by atoms with van der Waals surface area (Å²) in [6.07, 6.45) is -4.85. The van der Waals surface area contributed by atoms with Crippen molar-refractivity contribution in [3.05, 3.63) is 40.7 Å². The Morgan fingerprint density at radius 1 is 1.32 bits per heavy atom. The zero-order valence-electron chi connectivity index (χ0n) is 9.21. The molecule has 0 bridgehead atoms. The smallest absolute Gasteiger partial charge is 0.419 e. The predicted molar refractivity (Wildman–Crippen MR) is 54.9 cm³/mol. The van der Waals surface area contributed by atoms with Gasteiger partial charge in [0.15, 0.2) is 0 Å². The van der Waals surface area contributed by atoms with E-state index >= 15 is 0 Å². The molecule has 0 amide bonds. The van der Waals surface area contributed by atoms with E-state index in [9.17, 15) is 22.4 Å². The number of alkyl halides is 3. The van der Waals surface area contributed by atoms with E-state index in [4.69, 9.17) is 5.26 Å². The van der Waals surface area contributed by atoms with Crippen LogP contribution in [-0.4, -0.2) is 12.6 Å². The molecule has 98 valence electrons. The van der Waals surface area contributed by atoms with Crippen molar-refractivity contribution in [3.8, 4) is 6.07 Å². The second kappa shape index (κ2) is 4.39. The summed E-state index contributed by atoms with van der Waals surface area (Å²) in [4.78, 5) is 11.1. The molecule has 19 heavy (non-hydrogen) atoms. The number of rotatable bonds is 1. The highest BCUT2D eigenvalue weighted by Crippen LogP contribution is 2.34. The molecule has 0 fully saturated rings. The van der Waals surface area contributed by atoms with Crippen LogP contribution in [0.4, 0.5) is 17.6 Å². The molecule has 1 aromatic rings. The molecule has 1 heterocycles. The van der Waals surface area contributed by atoms with E-state index in [1.54, 1.807) is 6.07 Å². The average Bonchev–Trinajstić information content (AvgIpc) is 2.69. The van der Waals surface area contributed by atoms with Gasteiger partial charge in [0.05, 0.1) is 5.56 Å². The third-order valence-electron chi connectivity index (χ3n) is 2.59. The van der Waals surface area contributed by atoms with E-state index < -0.39 is 23.5 Å². The van der Waals surface area contributed by atoms with Gasteiger partial charge < -0.3 is 4.74 Å². The number of esters is 1. The fraction of sp³-hybridized carbons (Fsp3) is 0.167. The van der Waals surface area contributed by atoms with Gasteiger partial charge in [-0.25, -0.2) is 9.18 Å². The third-order valence-corrected chi connectivity index (χ3v) is 2.59. The zero-order valence-corrected chi connectivity index (χ0v) is 9.21. The van der Waals surface area contributed by atoms with Gasteiger partial charge in [-0.2, -0.15) is 18.4 Å². The van der Waals surface area contributed by atoms with E-state index in [0.29, 0.717) is 12.1 Å². The largest absolute Gasteiger partial charge is 0.457 e. The Hall–Kier alpha value is -2.36. The fourth-order valence-electron chi connectivity index (χ4n) is 1.68. The quantitative estimate of drug-likeness (QED) is 0.583. The molecule has 0 spiro atoms. The first-order valence-electron chi connectivity index (χ1n) is 5.02. The van der Waals surface area contributed by atoms with Crippen LogP contribution in [0.5, 0.6) is 0 Å². The molecule has 1 aliphatic heterocycles. The highest BCUT2D eigenvalue weighted by molar-refractivity contribution is 6.05. The number of cyclic esters (lactones) is 1. The Bertz CT molecular complexity index is 626. The molecule has 0 aliphatic carbocycles. The van der Waals surface area contributed by atoms with Gasteiger partial charge in [-0.05, 0) is 17.7 Å². The van der Waals surface area contributed by atoms with Crippen molar-refractivity contribution >= 4 is 11.5 Å². The van der Waals surface area contributed by atoms with Crippen LogP contribution < -0.4 is 0 Å². The lowest BCUT2D eigenvalue weighted by atomic mass is 10.00. The molecule has 0 atom stereocenters. The number of hydrogen-bond donors (Lipinski definition) is 0. The van der Waals surface area contributed by atoms with Crippen molar-refractivity contribution in [1.29, 1.82) is 5.26 Å². The van der Waals surface area contributed by atoms with Crippen LogP contribution in [0.2, 0.25) is 0 Å². The fourth-order valence-corrected chi connectivity index (χ4v) is 1.68. The normalized spacial score (nSPS) is 15.4. The van der Waals surface area contributed by atoms with Crippen LogP contribution in [0.15, 0.2) is 23.8 Å². The summed E-state index contributed by atoms with van der Waals surface area (Å²) < 4.78 is 55.3. The molecule has 1 aliphatic rings. The highest BCUT2D eigenvalue weighted by atomic mass is 19.4. The van der Waals surface area contributed by atoms with Gasteiger partial charge in [-0.1, -0.05) is 6.07 Å². The highest BCUT2D eigenvalue weighted by Gasteiger charge is 2.35. The standard InChI is InChI=1S/C12H5F4NO2/c13-10-2-1-6(3-9(10)12(14,15)16)8-5-19-11(18)7(8)4-17/h1-3H,5H2. The van der Waals surface area contributed by atoms with Crippen molar-refractivity contribution in [2.45, 2.75) is 6.18 Å². The van der Waals surface area contributed by atoms with Crippen molar-refractivity contribution < 1.29 is 27.1 Å². The minimum atomic E-state index is -4.85. The summed E-state index contributed by atoms with van der Waals surface area (Å²) >= 11 is 0. The molecule has 0 aromatic heterocycles. The molecule has 0 saturated carbocycles. The topological polar surface area (TPSA) is 50.1 Å². The lowest BCUT2D eigenvalue weighted by molar-refractivity contribution is -0.140. The molecular formula is C12H5F4NO2. The Labute approximate surface area is 104 Å². The molecule has 7 heteroatoms. The molecule has 0 saturated heterocycles. The predicted octanol–water partition coefficient (Wildman–Crippen LogP) is 2.68. The molecule has 0 N–H and O–H groups in total. The summed E-state index contributed by atoms with van der Waals surface area (Å²) in [5.41, 5.74) is -1.84. The van der Waals surface area contributed by atoms with Gasteiger partial charge in [0.2, 0.25) is 0 Å². The summed E-state index contributed by atoms with van der Waals surface area (Å²) in [7, 11) is 0. The van der Waals surface area contributed by atoms with Crippen LogP contribution in [0.1, 0.15) is 11.1 Å². The minimum absolute atomic E-state index is 0.0259. The van der Waals surface area contributed by atoms with Crippen molar-refractivity contribution in [3.63, 3.8) is 0 Å². The van der Waals surface area contributed by atoms with E-state index in [1.165, 1.54) is 0 Å². The maximum atomic E-state index is 13.1. The molecule has 3 nitrogen and oxygen atoms in total. The first-order valence-corrected chi connectivity index (χ1v) is 5.02. The number of ether oxygens (including phenoxy) is 1. The van der Waals surface area contributed by atoms with Crippen LogP contribution in [0, 0.1) is 17.1 Å². The SMILES string of the molecule is N#CC1=C(c2ccc(F)c(C(F)(F)F)c2)COC1=O. The molecule has 0 unspecified atom stereocenters. The van der Waals surface area contributed by atoms with Crippen molar-refractivity contribution in [2.75, 3.05) is 6.61 Å². The van der Waals surface area contributed by atoms with Gasteiger partial charge in [-0.3, -0.25) is 0 Å². The minimum Gasteiger partial charge on any atom is -0.457 e. The second-order valence-corrected chi connectivity index (χ2v) is 3.73. The summed E-state index contributed by atoms with van der Waals surface area (Å²) in [5, 5.41) is 8.75. The second-order valence-electron chi connectivity index (χ2n) is 3.73. The number of benzene rings is 1. The Balaban J connectivity index is 2.58. The first-order chi connectivity index (χ1) is 8.84. The number of carbonyl (C=O) groups excluding carboxylic acids is 1. The Morgan fingerprint density at radius 3 is 2.58 bits per heavy atom. The molecule has 0 radical (unpaired) electrons. The maximum absolute atomic E-state index is 13.1. The zero-order chi connectivity index (χ0) is 14.2. The van der Waals surface area contributed by atoms with Gasteiger partial charge in [0, 0.05) is 5.57 Å². The summed E-state index contributed by atoms with van der Waals surface area (Å²) in [6.45, 7) is -0.301. The van der Waals surface area contributed by atoms with E-state index in [1.807, 2.05) is 0 Å². The van der Waals surface area contributed by atoms with Gasteiger partial charge in [0.25, 0.3) is 0 Å². The van der Waals surface area contributed by atoms with Crippen molar-refractivity contribution in [1.82, 2.24) is 0 Å². The number of hydrogen-bond acceptors (Lipinski definition) is 3. The Kier molecular flexibility index (Phi) is 3.02. The number of carbonyl (C=O) groups is 1. The van der Waals surface area contributed by atoms with Crippen LogP contribution in [0.25, 0.3) is 5.57 Å². The monoisotopic (exact) mass is 271 g/mol. The van der Waals surface area contributed by atoms with Gasteiger partial charge >= 0.3 is 12.1 Å². The lowest BCUT2D eigenvalue weighted by Gasteiger charge is -2.10. The summed E-state index contributed by atoms with van der Waals surface area (Å²) in [6, 6.07) is 3.84. The lowest BCUT2D eigenvalue weighted by Crippen LogP contribution is -2.09. The average molecular weight is 271 g/mol. The van der Waals surface area contributed by atoms with E-state index in [-0.39, 0.29) is 23.3 Å². The van der Waals surface area contributed by atoms with Crippen molar-refractivity contribution in [2.24, 2.45) is 0 Å². The van der Waals surface area contributed by atoms with Crippen LogP contribution >= 0.6 is 0 Å². The van der Waals surface area contributed by atoms with Gasteiger partial charge in [0.1, 0.15) is 24.1 Å². The van der Waals surface area contributed by atoms with Crippen LogP contribution in [0.3, 0.4) is 0 Å². The number of nitriles is 1. The molecule has 2 rings (SSSR count). The number of nitrogens with zero attached hydrogens (tertiary/aromatic N) is 1. The molecule has 1 aromatic carbocycles.